The first-order valence-corrected chi connectivity index (χ1v) is 9.10. The first kappa shape index (κ1) is 21.2. The minimum absolute atomic E-state index is 0. The van der Waals surface area contributed by atoms with E-state index >= 15 is 0 Å². The number of carbonyl (C=O) groups excluding carboxylic acids is 1. The number of hydrogen-bond donors (Lipinski definition) is 0. The molecule has 0 amide bonds. The van der Waals surface area contributed by atoms with Crippen LogP contribution in [-0.2, 0) is 5.41 Å². The number of carbonyl (C=O) groups is 1. The predicted molar refractivity (Wildman–Crippen MR) is 104 cm³/mol. The van der Waals surface area contributed by atoms with Crippen molar-refractivity contribution in [2.75, 3.05) is 0 Å². The number of rotatable bonds is 3. The topological polar surface area (TPSA) is 17.1 Å². The first-order valence-electron chi connectivity index (χ1n) is 8.10. The molecule has 24 heavy (non-hydrogen) atoms. The van der Waals surface area contributed by atoms with Gasteiger partial charge in [-0.3, -0.25) is 4.79 Å². The van der Waals surface area contributed by atoms with Crippen molar-refractivity contribution in [2.45, 2.75) is 53.9 Å². The van der Waals surface area contributed by atoms with Gasteiger partial charge in [0.15, 0.2) is 5.52 Å². The molecule has 1 nitrogen and oxygen atoms in total. The van der Waals surface area contributed by atoms with E-state index in [1.54, 1.807) is 0 Å². The minimum Gasteiger partial charge on any atom is -1.00 e. The van der Waals surface area contributed by atoms with Crippen molar-refractivity contribution >= 4 is 19.4 Å². The second kappa shape index (κ2) is 8.01. The Labute approximate surface area is 162 Å². The van der Waals surface area contributed by atoms with Crippen molar-refractivity contribution in [1.82, 2.24) is 0 Å². The Morgan fingerprint density at radius 3 is 1.96 bits per heavy atom. The third-order valence-electron chi connectivity index (χ3n) is 4.27. The monoisotopic (exact) mass is 334 g/mol. The second-order valence-corrected chi connectivity index (χ2v) is 8.75. The second-order valence-electron chi connectivity index (χ2n) is 7.51. The maximum absolute atomic E-state index is 12.9. The van der Waals surface area contributed by atoms with Gasteiger partial charge in [-0.2, -0.15) is 0 Å². The van der Waals surface area contributed by atoms with Gasteiger partial charge in [-0.15, -0.1) is 0 Å². The standard InChI is InChI=1S/C21H27OP.Li.H/c1-13-8-9-14(2)18(10-13)23-20(22)19-15(3)11-17(12-16(19)4)21(5,6)7;;/h8-12,23H,1-7H3;;/q;+1;-1. The Morgan fingerprint density at radius 1 is 0.917 bits per heavy atom. The third-order valence-corrected chi connectivity index (χ3v) is 5.55. The van der Waals surface area contributed by atoms with Gasteiger partial charge in [-0.05, 0) is 69.2 Å². The molecule has 2 aromatic carbocycles. The van der Waals surface area contributed by atoms with E-state index in [0.29, 0.717) is 0 Å². The summed E-state index contributed by atoms with van der Waals surface area (Å²) < 4.78 is 0. The SMILES string of the molecule is Cc1ccc(C)c(PC(=O)c2c(C)cc(C(C)(C)C)cc2C)c1.[H-].[Li+]. The van der Waals surface area contributed by atoms with Gasteiger partial charge in [-0.25, -0.2) is 0 Å². The van der Waals surface area contributed by atoms with E-state index in [2.05, 4.69) is 78.8 Å². The van der Waals surface area contributed by atoms with Gasteiger partial charge in [-0.1, -0.05) is 56.7 Å². The molecule has 0 N–H and O–H groups in total. The first-order chi connectivity index (χ1) is 10.6. The van der Waals surface area contributed by atoms with Crippen molar-refractivity contribution in [3.63, 3.8) is 0 Å². The van der Waals surface area contributed by atoms with Gasteiger partial charge in [0.25, 0.3) is 0 Å². The van der Waals surface area contributed by atoms with E-state index in [9.17, 15) is 4.79 Å². The fourth-order valence-electron chi connectivity index (χ4n) is 2.81. The van der Waals surface area contributed by atoms with Crippen LogP contribution < -0.4 is 24.2 Å². The quantitative estimate of drug-likeness (QED) is 0.623. The summed E-state index contributed by atoms with van der Waals surface area (Å²) in [6, 6.07) is 10.7. The Hall–Kier alpha value is -0.863. The molecule has 124 valence electrons. The Morgan fingerprint density at radius 2 is 1.46 bits per heavy atom. The summed E-state index contributed by atoms with van der Waals surface area (Å²) in [5.41, 5.74) is 7.14. The minimum atomic E-state index is 0. The summed E-state index contributed by atoms with van der Waals surface area (Å²) in [6.07, 6.45) is 0. The predicted octanol–water partition coefficient (Wildman–Crippen LogP) is 2.48. The molecule has 0 saturated carbocycles. The molecule has 0 fully saturated rings. The van der Waals surface area contributed by atoms with Gasteiger partial charge in [0.05, 0.1) is 0 Å². The molecular weight excluding hydrogens is 306 g/mol. The Bertz CT molecular complexity index is 740. The number of hydrogen-bond acceptors (Lipinski definition) is 1. The Kier molecular flexibility index (Phi) is 7.07. The van der Waals surface area contributed by atoms with Crippen molar-refractivity contribution in [1.29, 1.82) is 0 Å². The molecule has 0 aliphatic carbocycles. The van der Waals surface area contributed by atoms with Crippen LogP contribution in [0.1, 0.15) is 60.4 Å². The van der Waals surface area contributed by atoms with Crippen molar-refractivity contribution < 1.29 is 25.1 Å². The summed E-state index contributed by atoms with van der Waals surface area (Å²) in [5.74, 6) is 0. The summed E-state index contributed by atoms with van der Waals surface area (Å²) >= 11 is 0. The molecule has 0 spiro atoms. The summed E-state index contributed by atoms with van der Waals surface area (Å²) in [5, 5.41) is 1.16. The van der Waals surface area contributed by atoms with Crippen molar-refractivity contribution in [2.24, 2.45) is 0 Å². The molecule has 3 heteroatoms. The van der Waals surface area contributed by atoms with Gasteiger partial charge >= 0.3 is 18.9 Å². The summed E-state index contributed by atoms with van der Waals surface area (Å²) in [4.78, 5) is 12.9. The van der Waals surface area contributed by atoms with Crippen LogP contribution in [-0.4, -0.2) is 5.52 Å². The van der Waals surface area contributed by atoms with E-state index in [0.717, 1.165) is 22.0 Å². The molecule has 0 aliphatic heterocycles. The zero-order valence-corrected chi connectivity index (χ0v) is 17.3. The van der Waals surface area contributed by atoms with E-state index in [4.69, 9.17) is 0 Å². The molecule has 2 rings (SSSR count). The largest absolute Gasteiger partial charge is 1.00 e. The summed E-state index contributed by atoms with van der Waals surface area (Å²) in [6.45, 7) is 14.9. The van der Waals surface area contributed by atoms with Gasteiger partial charge < -0.3 is 1.43 Å². The average molecular weight is 334 g/mol. The maximum Gasteiger partial charge on any atom is 1.00 e. The zero-order chi connectivity index (χ0) is 17.4. The van der Waals surface area contributed by atoms with Crippen LogP contribution in [0.25, 0.3) is 0 Å². The van der Waals surface area contributed by atoms with Crippen LogP contribution in [0, 0.1) is 27.7 Å². The van der Waals surface area contributed by atoms with E-state index in [-0.39, 0.29) is 39.8 Å². The van der Waals surface area contributed by atoms with Crippen LogP contribution in [0.2, 0.25) is 0 Å². The molecule has 1 unspecified atom stereocenters. The number of benzene rings is 2. The maximum atomic E-state index is 12.9. The third kappa shape index (κ3) is 4.83. The van der Waals surface area contributed by atoms with E-state index in [1.807, 2.05) is 0 Å². The van der Waals surface area contributed by atoms with Gasteiger partial charge in [0.2, 0.25) is 0 Å². The normalized spacial score (nSPS) is 11.6. The molecule has 0 radical (unpaired) electrons. The molecule has 0 aromatic heterocycles. The fraction of sp³-hybridized carbons (Fsp3) is 0.381. The van der Waals surface area contributed by atoms with Gasteiger partial charge in [0, 0.05) is 5.56 Å². The van der Waals surface area contributed by atoms with Crippen molar-refractivity contribution in [3.8, 4) is 0 Å². The molecule has 0 heterocycles. The van der Waals surface area contributed by atoms with Gasteiger partial charge in [0.1, 0.15) is 0 Å². The molecule has 0 aliphatic rings. The summed E-state index contributed by atoms with van der Waals surface area (Å²) in [7, 11) is 0.188. The van der Waals surface area contributed by atoms with Crippen molar-refractivity contribution in [3.05, 3.63) is 63.7 Å². The average Bonchev–Trinajstić information content (AvgIpc) is 2.41. The molecule has 0 bridgehead atoms. The smallest absolute Gasteiger partial charge is 1.00 e. The zero-order valence-electron chi connectivity index (χ0n) is 17.3. The molecule has 0 saturated heterocycles. The number of aryl methyl sites for hydroxylation is 4. The van der Waals surface area contributed by atoms with Crippen LogP contribution in [0.5, 0.6) is 0 Å². The van der Waals surface area contributed by atoms with E-state index in [1.165, 1.54) is 16.7 Å². The van der Waals surface area contributed by atoms with Crippen LogP contribution in [0.4, 0.5) is 0 Å². The molecule has 1 atom stereocenters. The molecular formula is C21H28LiOP. The van der Waals surface area contributed by atoms with Crippen LogP contribution >= 0.6 is 8.58 Å². The van der Waals surface area contributed by atoms with E-state index < -0.39 is 0 Å². The van der Waals surface area contributed by atoms with Crippen LogP contribution in [0.3, 0.4) is 0 Å². The fourth-order valence-corrected chi connectivity index (χ4v) is 4.15. The Balaban J connectivity index is 0.00000288. The van der Waals surface area contributed by atoms with Crippen LogP contribution in [0.15, 0.2) is 30.3 Å². The molecule has 2 aromatic rings.